The van der Waals surface area contributed by atoms with Gasteiger partial charge in [-0.3, -0.25) is 0 Å². The van der Waals surface area contributed by atoms with E-state index in [-0.39, 0.29) is 17.1 Å². The fourth-order valence-corrected chi connectivity index (χ4v) is 0.395. The van der Waals surface area contributed by atoms with E-state index in [1.54, 1.807) is 0 Å². The van der Waals surface area contributed by atoms with E-state index in [1.807, 2.05) is 0 Å². The molecule has 0 saturated carbocycles. The Morgan fingerprint density at radius 3 is 2.50 bits per heavy atom. The van der Waals surface area contributed by atoms with Crippen molar-refractivity contribution in [2.45, 2.75) is 6.42 Å². The molecule has 1 radical (unpaired) electrons. The molecule has 1 N–H and O–H groups in total. The molecule has 37 valence electrons. The van der Waals surface area contributed by atoms with Gasteiger partial charge in [0.05, 0.1) is 0 Å². The molecule has 0 spiro atoms. The summed E-state index contributed by atoms with van der Waals surface area (Å²) in [5, 5.41) is 0. The minimum Gasteiger partial charge on any atom is -0.597 e. The second-order valence-electron chi connectivity index (χ2n) is 1.14. The first kappa shape index (κ1) is 6.44. The first-order valence-corrected chi connectivity index (χ1v) is 1.89. The molecule has 0 unspecified atom stereocenters. The predicted octanol–water partition coefficient (Wildman–Crippen LogP) is 0.266. The Morgan fingerprint density at radius 1 is 1.50 bits per heavy atom. The summed E-state index contributed by atoms with van der Waals surface area (Å²) in [5.74, 6) is 0. The van der Waals surface area contributed by atoms with E-state index in [4.69, 9.17) is 0 Å². The van der Waals surface area contributed by atoms with Gasteiger partial charge in [-0.15, -0.1) is 6.54 Å². The van der Waals surface area contributed by atoms with E-state index >= 15 is 0 Å². The fourth-order valence-electron chi connectivity index (χ4n) is 0.395. The molecule has 0 bridgehead atoms. The maximum Gasteiger partial charge on any atom is 0 e. The Kier molecular flexibility index (Phi) is 3.89. The fraction of sp³-hybridized carbons (Fsp3) is 1.00. The molecule has 0 aromatic heterocycles. The van der Waals surface area contributed by atoms with Crippen molar-refractivity contribution in [1.82, 2.24) is 5.43 Å². The standard InChI is InChI=1S/C3H7N2.Mn/c1-2-4-5-3-1;/h4H,1-3H2;/q-1;. The van der Waals surface area contributed by atoms with Crippen LogP contribution in [0.4, 0.5) is 0 Å². The summed E-state index contributed by atoms with van der Waals surface area (Å²) >= 11 is 0. The maximum absolute atomic E-state index is 3.83. The monoisotopic (exact) mass is 126 g/mol. The van der Waals surface area contributed by atoms with Crippen LogP contribution in [0.2, 0.25) is 0 Å². The Bertz CT molecular complexity index is 20.4. The van der Waals surface area contributed by atoms with Crippen molar-refractivity contribution in [2.75, 3.05) is 13.1 Å². The zero-order valence-corrected chi connectivity index (χ0v) is 4.63. The number of rotatable bonds is 0. The third kappa shape index (κ3) is 1.78. The number of hydrogen-bond acceptors (Lipinski definition) is 1. The van der Waals surface area contributed by atoms with E-state index in [9.17, 15) is 0 Å². The molecule has 1 aliphatic heterocycles. The normalized spacial score (nSPS) is 20.0. The Morgan fingerprint density at radius 2 is 2.33 bits per heavy atom. The molecule has 0 aromatic carbocycles. The first-order valence-electron chi connectivity index (χ1n) is 1.89. The van der Waals surface area contributed by atoms with Gasteiger partial charge in [-0.2, -0.15) is 0 Å². The summed E-state index contributed by atoms with van der Waals surface area (Å²) in [5.41, 5.74) is 6.68. The number of nitrogens with zero attached hydrogens (tertiary/aromatic N) is 1. The average Bonchev–Trinajstić information content (AvgIpc) is 1.76. The van der Waals surface area contributed by atoms with Crippen LogP contribution in [0.15, 0.2) is 0 Å². The third-order valence-electron chi connectivity index (χ3n) is 0.670. The maximum atomic E-state index is 3.83. The van der Waals surface area contributed by atoms with Gasteiger partial charge in [0.15, 0.2) is 0 Å². The molecular weight excluding hydrogens is 119 g/mol. The summed E-state index contributed by atoms with van der Waals surface area (Å²) in [6.45, 7) is 2.10. The van der Waals surface area contributed by atoms with Crippen molar-refractivity contribution >= 4 is 0 Å². The average molecular weight is 126 g/mol. The van der Waals surface area contributed by atoms with Crippen LogP contribution in [-0.2, 0) is 17.1 Å². The van der Waals surface area contributed by atoms with Gasteiger partial charge in [-0.1, -0.05) is 6.42 Å². The van der Waals surface area contributed by atoms with E-state index in [0.29, 0.717) is 0 Å². The van der Waals surface area contributed by atoms with Gasteiger partial charge in [0.25, 0.3) is 0 Å². The second kappa shape index (κ2) is 3.62. The predicted molar refractivity (Wildman–Crippen MR) is 20.8 cm³/mol. The van der Waals surface area contributed by atoms with Crippen molar-refractivity contribution in [3.05, 3.63) is 5.43 Å². The largest absolute Gasteiger partial charge is 0.597 e. The summed E-state index contributed by atoms with van der Waals surface area (Å²) in [6.07, 6.45) is 1.22. The van der Waals surface area contributed by atoms with E-state index in [1.165, 1.54) is 6.42 Å². The zero-order chi connectivity index (χ0) is 3.54. The third-order valence-corrected chi connectivity index (χ3v) is 0.670. The summed E-state index contributed by atoms with van der Waals surface area (Å²) in [6, 6.07) is 0. The van der Waals surface area contributed by atoms with Crippen LogP contribution in [0.3, 0.4) is 0 Å². The molecule has 1 rings (SSSR count). The van der Waals surface area contributed by atoms with Crippen LogP contribution in [0.1, 0.15) is 6.42 Å². The molecule has 6 heavy (non-hydrogen) atoms. The van der Waals surface area contributed by atoms with Crippen LogP contribution in [-0.4, -0.2) is 13.1 Å². The summed E-state index contributed by atoms with van der Waals surface area (Å²) < 4.78 is 0. The van der Waals surface area contributed by atoms with Crippen molar-refractivity contribution in [3.8, 4) is 0 Å². The Hall–Kier alpha value is 0.439. The van der Waals surface area contributed by atoms with Gasteiger partial charge in [0.2, 0.25) is 0 Å². The van der Waals surface area contributed by atoms with Gasteiger partial charge >= 0.3 is 0 Å². The Labute approximate surface area is 48.1 Å². The molecule has 1 aliphatic rings. The van der Waals surface area contributed by atoms with Gasteiger partial charge in [0, 0.05) is 17.1 Å². The number of hydrogen-bond donors (Lipinski definition) is 1. The zero-order valence-electron chi connectivity index (χ0n) is 3.45. The quantitative estimate of drug-likeness (QED) is 0.463. The molecule has 0 atom stereocenters. The minimum absolute atomic E-state index is 0. The van der Waals surface area contributed by atoms with Crippen LogP contribution >= 0.6 is 0 Å². The van der Waals surface area contributed by atoms with Gasteiger partial charge in [-0.05, 0) is 6.54 Å². The van der Waals surface area contributed by atoms with Crippen molar-refractivity contribution < 1.29 is 17.1 Å². The SMILES string of the molecule is C1C[N-]NC1.[Mn]. The topological polar surface area (TPSA) is 26.1 Å². The van der Waals surface area contributed by atoms with Crippen LogP contribution in [0, 0.1) is 0 Å². The Balaban J connectivity index is 0.000000250. The molecule has 0 aliphatic carbocycles. The second-order valence-corrected chi connectivity index (χ2v) is 1.14. The summed E-state index contributed by atoms with van der Waals surface area (Å²) in [4.78, 5) is 0. The van der Waals surface area contributed by atoms with E-state index in [0.717, 1.165) is 13.1 Å². The van der Waals surface area contributed by atoms with Crippen LogP contribution in [0.25, 0.3) is 5.43 Å². The van der Waals surface area contributed by atoms with Gasteiger partial charge in [-0.25, -0.2) is 0 Å². The molecule has 0 amide bonds. The van der Waals surface area contributed by atoms with Crippen molar-refractivity contribution in [1.29, 1.82) is 0 Å². The number of nitrogens with one attached hydrogen (secondary N) is 1. The molecule has 1 fully saturated rings. The summed E-state index contributed by atoms with van der Waals surface area (Å²) in [7, 11) is 0. The van der Waals surface area contributed by atoms with Crippen molar-refractivity contribution in [2.24, 2.45) is 0 Å². The molecule has 2 nitrogen and oxygen atoms in total. The van der Waals surface area contributed by atoms with E-state index in [2.05, 4.69) is 10.9 Å². The van der Waals surface area contributed by atoms with E-state index < -0.39 is 0 Å². The molecule has 0 aromatic rings. The van der Waals surface area contributed by atoms with Crippen LogP contribution < -0.4 is 5.43 Å². The minimum atomic E-state index is 0. The molecular formula is C3H7MnN2-. The van der Waals surface area contributed by atoms with Gasteiger partial charge in [0.1, 0.15) is 0 Å². The smallest absolute Gasteiger partial charge is 0 e. The van der Waals surface area contributed by atoms with Gasteiger partial charge < -0.3 is 10.9 Å². The van der Waals surface area contributed by atoms with Crippen molar-refractivity contribution in [3.63, 3.8) is 0 Å². The molecule has 3 heteroatoms. The van der Waals surface area contributed by atoms with Crippen LogP contribution in [0.5, 0.6) is 0 Å². The molecule has 1 saturated heterocycles. The molecule has 1 heterocycles. The first-order chi connectivity index (χ1) is 2.50.